The summed E-state index contributed by atoms with van der Waals surface area (Å²) in [6.07, 6.45) is 1.66. The number of quaternary nitrogens is 1. The van der Waals surface area contributed by atoms with Crippen LogP contribution in [0.3, 0.4) is 0 Å². The molecule has 1 saturated heterocycles. The molecule has 0 saturated carbocycles. The molecule has 0 radical (unpaired) electrons. The molecule has 3 aromatic rings. The van der Waals surface area contributed by atoms with Gasteiger partial charge in [-0.15, -0.1) is 5.10 Å². The molecule has 1 fully saturated rings. The zero-order valence-corrected chi connectivity index (χ0v) is 17.4. The number of halogens is 1. The van der Waals surface area contributed by atoms with E-state index < -0.39 is 0 Å². The van der Waals surface area contributed by atoms with E-state index in [0.717, 1.165) is 43.0 Å². The fourth-order valence-electron chi connectivity index (χ4n) is 3.70. The van der Waals surface area contributed by atoms with Crippen LogP contribution in [-0.4, -0.2) is 38.6 Å². The Labute approximate surface area is 174 Å². The molecule has 0 aliphatic carbocycles. The summed E-state index contributed by atoms with van der Waals surface area (Å²) in [5.74, 6) is 0.810. The molecule has 7 heteroatoms. The molecule has 2 N–H and O–H groups in total. The van der Waals surface area contributed by atoms with Gasteiger partial charge in [0, 0.05) is 10.6 Å². The van der Waals surface area contributed by atoms with Crippen molar-refractivity contribution in [3.8, 4) is 17.1 Å². The molecule has 1 aliphatic rings. The van der Waals surface area contributed by atoms with E-state index in [1.807, 2.05) is 33.5 Å². The summed E-state index contributed by atoms with van der Waals surface area (Å²) in [6.45, 7) is 4.47. The lowest BCUT2D eigenvalue weighted by Crippen LogP contribution is -3.13. The van der Waals surface area contributed by atoms with E-state index in [-0.39, 0.29) is 6.10 Å². The molecule has 0 amide bonds. The third-order valence-corrected chi connectivity index (χ3v) is 5.84. The number of hydrogen-bond acceptors (Lipinski definition) is 3. The van der Waals surface area contributed by atoms with Crippen LogP contribution in [0, 0.1) is 11.7 Å². The van der Waals surface area contributed by atoms with Gasteiger partial charge in [0.05, 0.1) is 12.2 Å². The average Bonchev–Trinajstić information content (AvgIpc) is 2.99. The SMILES string of the molecule is Cc1ccc(-c2nn(C[NH+]3CCC[C@H](O)C3)c(=S)n2-c2ccc(Cl)cc2)cc1. The van der Waals surface area contributed by atoms with Crippen molar-refractivity contribution in [3.63, 3.8) is 0 Å². The van der Waals surface area contributed by atoms with Gasteiger partial charge >= 0.3 is 0 Å². The van der Waals surface area contributed by atoms with Crippen LogP contribution in [0.25, 0.3) is 17.1 Å². The third kappa shape index (κ3) is 4.05. The van der Waals surface area contributed by atoms with E-state index in [2.05, 4.69) is 31.2 Å². The van der Waals surface area contributed by atoms with Crippen molar-refractivity contribution in [2.45, 2.75) is 32.5 Å². The maximum absolute atomic E-state index is 10.0. The molecular formula is C21H24ClN4OS+. The van der Waals surface area contributed by atoms with Crippen LogP contribution >= 0.6 is 23.8 Å². The second kappa shape index (κ2) is 8.17. The predicted molar refractivity (Wildman–Crippen MR) is 114 cm³/mol. The van der Waals surface area contributed by atoms with Crippen molar-refractivity contribution in [2.24, 2.45) is 0 Å². The molecule has 146 valence electrons. The summed E-state index contributed by atoms with van der Waals surface area (Å²) in [7, 11) is 0. The van der Waals surface area contributed by atoms with Crippen LogP contribution in [0.2, 0.25) is 5.02 Å². The van der Waals surface area contributed by atoms with E-state index in [1.165, 1.54) is 10.5 Å². The minimum atomic E-state index is -0.243. The van der Waals surface area contributed by atoms with E-state index in [1.54, 1.807) is 0 Å². The highest BCUT2D eigenvalue weighted by molar-refractivity contribution is 7.71. The topological polar surface area (TPSA) is 47.4 Å². The molecule has 28 heavy (non-hydrogen) atoms. The van der Waals surface area contributed by atoms with Gasteiger partial charge in [0.25, 0.3) is 0 Å². The first-order valence-corrected chi connectivity index (χ1v) is 10.3. The maximum atomic E-state index is 10.0. The minimum absolute atomic E-state index is 0.243. The summed E-state index contributed by atoms with van der Waals surface area (Å²) >= 11 is 11.9. The Morgan fingerprint density at radius 3 is 2.57 bits per heavy atom. The molecule has 2 atom stereocenters. The lowest BCUT2D eigenvalue weighted by molar-refractivity contribution is -0.931. The molecule has 2 aromatic carbocycles. The Kier molecular flexibility index (Phi) is 5.64. The molecule has 0 spiro atoms. The smallest absolute Gasteiger partial charge is 0.207 e. The van der Waals surface area contributed by atoms with Crippen LogP contribution in [0.5, 0.6) is 0 Å². The summed E-state index contributed by atoms with van der Waals surface area (Å²) < 4.78 is 4.52. The van der Waals surface area contributed by atoms with Crippen LogP contribution in [0.4, 0.5) is 0 Å². The molecular weight excluding hydrogens is 392 g/mol. The molecule has 0 bridgehead atoms. The van der Waals surface area contributed by atoms with Crippen LogP contribution in [-0.2, 0) is 6.67 Å². The number of aliphatic hydroxyl groups is 1. The molecule has 4 rings (SSSR count). The standard InChI is InChI=1S/C21H23ClN4OS/c1-15-4-6-16(7-5-15)20-23-25(14-24-12-2-3-19(27)13-24)21(28)26(20)18-10-8-17(22)9-11-18/h4-11,19,27H,2-3,12-14H2,1H3/p+1/t19-/m0/s1. The number of rotatable bonds is 4. The minimum Gasteiger partial charge on any atom is -0.387 e. The Bertz CT molecular complexity index is 1010. The fourth-order valence-corrected chi connectivity index (χ4v) is 4.13. The van der Waals surface area contributed by atoms with Crippen LogP contribution < -0.4 is 4.90 Å². The van der Waals surface area contributed by atoms with Gasteiger partial charge in [-0.05, 0) is 56.2 Å². The largest absolute Gasteiger partial charge is 0.387 e. The van der Waals surface area contributed by atoms with Gasteiger partial charge in [-0.2, -0.15) is 4.68 Å². The first-order valence-electron chi connectivity index (χ1n) is 9.56. The van der Waals surface area contributed by atoms with Crippen molar-refractivity contribution in [2.75, 3.05) is 13.1 Å². The zero-order valence-electron chi connectivity index (χ0n) is 15.8. The first kappa shape index (κ1) is 19.3. The number of nitrogens with zero attached hydrogens (tertiary/aromatic N) is 3. The predicted octanol–water partition coefficient (Wildman–Crippen LogP) is 3.03. The highest BCUT2D eigenvalue weighted by Gasteiger charge is 2.23. The summed E-state index contributed by atoms with van der Waals surface area (Å²) in [5, 5.41) is 15.6. The third-order valence-electron chi connectivity index (χ3n) is 5.20. The second-order valence-electron chi connectivity index (χ2n) is 7.44. The van der Waals surface area contributed by atoms with E-state index in [4.69, 9.17) is 28.9 Å². The van der Waals surface area contributed by atoms with Crippen molar-refractivity contribution < 1.29 is 10.0 Å². The van der Waals surface area contributed by atoms with Crippen molar-refractivity contribution in [1.82, 2.24) is 14.3 Å². The summed E-state index contributed by atoms with van der Waals surface area (Å²) in [4.78, 5) is 1.30. The number of nitrogens with one attached hydrogen (secondary N) is 1. The number of aryl methyl sites for hydroxylation is 1. The molecule has 5 nitrogen and oxygen atoms in total. The van der Waals surface area contributed by atoms with Gasteiger partial charge < -0.3 is 10.0 Å². The number of hydrogen-bond donors (Lipinski definition) is 2. The van der Waals surface area contributed by atoms with Gasteiger partial charge in [-0.25, -0.2) is 0 Å². The Morgan fingerprint density at radius 1 is 1.18 bits per heavy atom. The Balaban J connectivity index is 1.78. The normalized spacial score (nSPS) is 19.7. The van der Waals surface area contributed by atoms with E-state index >= 15 is 0 Å². The number of piperidine rings is 1. The van der Waals surface area contributed by atoms with Crippen LogP contribution in [0.15, 0.2) is 48.5 Å². The van der Waals surface area contributed by atoms with Gasteiger partial charge in [-0.3, -0.25) is 4.57 Å². The average molecular weight is 416 g/mol. The van der Waals surface area contributed by atoms with E-state index in [9.17, 15) is 5.11 Å². The lowest BCUT2D eigenvalue weighted by Gasteiger charge is -2.26. The van der Waals surface area contributed by atoms with Crippen LogP contribution in [0.1, 0.15) is 18.4 Å². The molecule has 2 heterocycles. The van der Waals surface area contributed by atoms with Gasteiger partial charge in [0.2, 0.25) is 4.77 Å². The number of aromatic nitrogens is 3. The number of aliphatic hydroxyl groups excluding tert-OH is 1. The summed E-state index contributed by atoms with van der Waals surface area (Å²) in [5.41, 5.74) is 3.15. The van der Waals surface area contributed by atoms with Gasteiger partial charge in [0.1, 0.15) is 12.6 Å². The quantitative estimate of drug-likeness (QED) is 0.644. The monoisotopic (exact) mass is 415 g/mol. The maximum Gasteiger partial charge on any atom is 0.207 e. The van der Waals surface area contributed by atoms with Crippen molar-refractivity contribution in [1.29, 1.82) is 0 Å². The fraction of sp³-hybridized carbons (Fsp3) is 0.333. The zero-order chi connectivity index (χ0) is 19.7. The Hall–Kier alpha value is -1.99. The van der Waals surface area contributed by atoms with E-state index in [0.29, 0.717) is 16.5 Å². The van der Waals surface area contributed by atoms with Gasteiger partial charge in [0.15, 0.2) is 12.5 Å². The van der Waals surface area contributed by atoms with Gasteiger partial charge in [-0.1, -0.05) is 41.4 Å². The number of benzene rings is 2. The highest BCUT2D eigenvalue weighted by Crippen LogP contribution is 2.24. The summed E-state index contributed by atoms with van der Waals surface area (Å²) in [6, 6.07) is 15.9. The lowest BCUT2D eigenvalue weighted by atomic mass is 10.1. The molecule has 1 aromatic heterocycles. The van der Waals surface area contributed by atoms with Crippen molar-refractivity contribution >= 4 is 23.8 Å². The number of likely N-dealkylation sites (tertiary alicyclic amines) is 1. The molecule has 1 unspecified atom stereocenters. The Morgan fingerprint density at radius 2 is 1.89 bits per heavy atom. The molecule has 1 aliphatic heterocycles. The van der Waals surface area contributed by atoms with Crippen molar-refractivity contribution in [3.05, 3.63) is 63.9 Å². The first-order chi connectivity index (χ1) is 13.5. The highest BCUT2D eigenvalue weighted by atomic mass is 35.5. The second-order valence-corrected chi connectivity index (χ2v) is 8.24.